The largest absolute Gasteiger partial charge is 0.478 e. The highest BCUT2D eigenvalue weighted by molar-refractivity contribution is 6.14. The van der Waals surface area contributed by atoms with Crippen LogP contribution < -0.4 is 0 Å². The topological polar surface area (TPSA) is 54.4 Å². The lowest BCUT2D eigenvalue weighted by molar-refractivity contribution is 0.0692. The fourth-order valence-corrected chi connectivity index (χ4v) is 1.70. The molecule has 0 aromatic heterocycles. The number of ketones is 1. The van der Waals surface area contributed by atoms with Gasteiger partial charge in [0.05, 0.1) is 5.56 Å². The summed E-state index contributed by atoms with van der Waals surface area (Å²) >= 11 is 0. The molecule has 21 heavy (non-hydrogen) atoms. The van der Waals surface area contributed by atoms with Gasteiger partial charge in [-0.2, -0.15) is 0 Å². The molecule has 0 heterocycles. The van der Waals surface area contributed by atoms with Crippen molar-refractivity contribution in [3.05, 3.63) is 70.3 Å². The number of carboxylic acids is 1. The van der Waals surface area contributed by atoms with E-state index < -0.39 is 46.1 Å². The number of carbonyl (C=O) groups is 2. The monoisotopic (exact) mass is 298 g/mol. The van der Waals surface area contributed by atoms with Crippen molar-refractivity contribution in [2.45, 2.75) is 0 Å². The summed E-state index contributed by atoms with van der Waals surface area (Å²) in [5, 5.41) is 8.90. The van der Waals surface area contributed by atoms with Crippen LogP contribution in [0.25, 0.3) is 0 Å². The van der Waals surface area contributed by atoms with Crippen LogP contribution in [0.15, 0.2) is 30.3 Å². The lowest BCUT2D eigenvalue weighted by Gasteiger charge is -2.07. The highest BCUT2D eigenvalue weighted by Gasteiger charge is 2.22. The van der Waals surface area contributed by atoms with E-state index in [0.717, 1.165) is 6.07 Å². The van der Waals surface area contributed by atoms with Crippen LogP contribution in [0.3, 0.4) is 0 Å². The summed E-state index contributed by atoms with van der Waals surface area (Å²) in [7, 11) is 0. The molecule has 0 radical (unpaired) electrons. The molecular formula is C14H6F4O3. The second kappa shape index (κ2) is 5.35. The minimum absolute atomic E-state index is 0.352. The first kappa shape index (κ1) is 14.7. The molecule has 2 rings (SSSR count). The van der Waals surface area contributed by atoms with Gasteiger partial charge >= 0.3 is 5.97 Å². The van der Waals surface area contributed by atoms with E-state index in [4.69, 9.17) is 5.11 Å². The molecule has 1 N–H and O–H groups in total. The molecule has 0 amide bonds. The van der Waals surface area contributed by atoms with Crippen LogP contribution in [0.1, 0.15) is 26.3 Å². The Labute approximate surface area is 115 Å². The van der Waals surface area contributed by atoms with E-state index in [2.05, 4.69) is 0 Å². The van der Waals surface area contributed by atoms with Gasteiger partial charge in [-0.05, 0) is 30.3 Å². The summed E-state index contributed by atoms with van der Waals surface area (Å²) in [6, 6.07) is 2.88. The minimum atomic E-state index is -1.65. The zero-order chi connectivity index (χ0) is 15.7. The van der Waals surface area contributed by atoms with Crippen LogP contribution in [0.4, 0.5) is 17.6 Å². The molecule has 0 unspecified atom stereocenters. The standard InChI is InChI=1S/C14H6F4O3/c15-9-2-1-6(3-10(9)16)13(19)7-4-11(17)12(18)5-8(7)14(20)21/h1-5H,(H,20,21). The number of carbonyl (C=O) groups excluding carboxylic acids is 1. The molecule has 0 spiro atoms. The molecule has 0 bridgehead atoms. The average molecular weight is 298 g/mol. The third kappa shape index (κ3) is 2.76. The number of hydrogen-bond donors (Lipinski definition) is 1. The lowest BCUT2D eigenvalue weighted by Crippen LogP contribution is -2.12. The maximum Gasteiger partial charge on any atom is 0.336 e. The molecule has 108 valence electrons. The van der Waals surface area contributed by atoms with Crippen molar-refractivity contribution in [2.75, 3.05) is 0 Å². The smallest absolute Gasteiger partial charge is 0.336 e. The minimum Gasteiger partial charge on any atom is -0.478 e. The zero-order valence-electron chi connectivity index (χ0n) is 10.2. The van der Waals surface area contributed by atoms with Gasteiger partial charge in [0.1, 0.15) is 0 Å². The van der Waals surface area contributed by atoms with Crippen molar-refractivity contribution in [1.29, 1.82) is 0 Å². The van der Waals surface area contributed by atoms with Gasteiger partial charge in [-0.3, -0.25) is 4.79 Å². The maximum atomic E-state index is 13.2. The number of hydrogen-bond acceptors (Lipinski definition) is 2. The summed E-state index contributed by atoms with van der Waals surface area (Å²) in [4.78, 5) is 23.0. The Balaban J connectivity index is 2.59. The highest BCUT2D eigenvalue weighted by atomic mass is 19.2. The molecule has 0 saturated heterocycles. The Hall–Kier alpha value is -2.70. The van der Waals surface area contributed by atoms with Gasteiger partial charge in [0.15, 0.2) is 29.1 Å². The average Bonchev–Trinajstić information content (AvgIpc) is 2.43. The Kier molecular flexibility index (Phi) is 3.75. The Bertz CT molecular complexity index is 756. The third-order valence-electron chi connectivity index (χ3n) is 2.72. The van der Waals surface area contributed by atoms with E-state index in [1.807, 2.05) is 0 Å². The van der Waals surface area contributed by atoms with Crippen LogP contribution in [-0.4, -0.2) is 16.9 Å². The second-order valence-electron chi connectivity index (χ2n) is 4.08. The summed E-state index contributed by atoms with van der Waals surface area (Å²) in [5.41, 5.74) is -1.82. The van der Waals surface area contributed by atoms with Gasteiger partial charge in [-0.1, -0.05) is 0 Å². The van der Waals surface area contributed by atoms with Gasteiger partial charge in [0.25, 0.3) is 0 Å². The predicted molar refractivity (Wildman–Crippen MR) is 63.1 cm³/mol. The van der Waals surface area contributed by atoms with Crippen molar-refractivity contribution in [3.63, 3.8) is 0 Å². The maximum absolute atomic E-state index is 13.2. The molecule has 3 nitrogen and oxygen atoms in total. The van der Waals surface area contributed by atoms with E-state index in [1.54, 1.807) is 0 Å². The molecule has 2 aromatic rings. The Morgan fingerprint density at radius 3 is 1.81 bits per heavy atom. The number of rotatable bonds is 3. The number of carboxylic acid groups (broad SMARTS) is 1. The zero-order valence-corrected chi connectivity index (χ0v) is 10.2. The summed E-state index contributed by atoms with van der Waals surface area (Å²) in [5.74, 6) is -8.10. The van der Waals surface area contributed by atoms with Gasteiger partial charge in [-0.25, -0.2) is 22.4 Å². The van der Waals surface area contributed by atoms with Gasteiger partial charge in [0.2, 0.25) is 0 Å². The van der Waals surface area contributed by atoms with E-state index in [1.165, 1.54) is 0 Å². The number of aromatic carboxylic acids is 1. The fraction of sp³-hybridized carbons (Fsp3) is 0. The normalized spacial score (nSPS) is 10.5. The Morgan fingerprint density at radius 1 is 0.762 bits per heavy atom. The molecule has 0 aliphatic heterocycles. The highest BCUT2D eigenvalue weighted by Crippen LogP contribution is 2.20. The van der Waals surface area contributed by atoms with Crippen LogP contribution >= 0.6 is 0 Å². The number of halogens is 4. The Morgan fingerprint density at radius 2 is 1.29 bits per heavy atom. The third-order valence-corrected chi connectivity index (χ3v) is 2.72. The summed E-state index contributed by atoms with van der Waals surface area (Å²) < 4.78 is 52.1. The van der Waals surface area contributed by atoms with Crippen LogP contribution in [0.2, 0.25) is 0 Å². The number of benzene rings is 2. The summed E-state index contributed by atoms with van der Waals surface area (Å²) in [6.45, 7) is 0. The molecule has 2 aromatic carbocycles. The van der Waals surface area contributed by atoms with E-state index >= 15 is 0 Å². The van der Waals surface area contributed by atoms with E-state index in [-0.39, 0.29) is 5.56 Å². The first-order valence-electron chi connectivity index (χ1n) is 5.53. The second-order valence-corrected chi connectivity index (χ2v) is 4.08. The summed E-state index contributed by atoms with van der Waals surface area (Å²) in [6.07, 6.45) is 0. The van der Waals surface area contributed by atoms with E-state index in [0.29, 0.717) is 24.3 Å². The quantitative estimate of drug-likeness (QED) is 0.699. The van der Waals surface area contributed by atoms with Gasteiger partial charge in [-0.15, -0.1) is 0 Å². The van der Waals surface area contributed by atoms with Crippen molar-refractivity contribution >= 4 is 11.8 Å². The molecular weight excluding hydrogens is 292 g/mol. The molecule has 0 fully saturated rings. The van der Waals surface area contributed by atoms with Crippen LogP contribution in [0, 0.1) is 23.3 Å². The van der Waals surface area contributed by atoms with Crippen LogP contribution in [-0.2, 0) is 0 Å². The molecule has 0 atom stereocenters. The van der Waals surface area contributed by atoms with Crippen molar-refractivity contribution in [1.82, 2.24) is 0 Å². The van der Waals surface area contributed by atoms with E-state index in [9.17, 15) is 27.2 Å². The first-order chi connectivity index (χ1) is 9.81. The van der Waals surface area contributed by atoms with Crippen molar-refractivity contribution < 1.29 is 32.3 Å². The molecule has 0 saturated carbocycles. The van der Waals surface area contributed by atoms with Gasteiger partial charge in [0, 0.05) is 11.1 Å². The predicted octanol–water partition coefficient (Wildman–Crippen LogP) is 3.17. The van der Waals surface area contributed by atoms with Crippen molar-refractivity contribution in [3.8, 4) is 0 Å². The fourth-order valence-electron chi connectivity index (χ4n) is 1.70. The van der Waals surface area contributed by atoms with Crippen molar-refractivity contribution in [2.24, 2.45) is 0 Å². The molecule has 7 heteroatoms. The molecule has 0 aliphatic rings. The first-order valence-corrected chi connectivity index (χ1v) is 5.53. The lowest BCUT2D eigenvalue weighted by atomic mass is 9.98. The SMILES string of the molecule is O=C(O)c1cc(F)c(F)cc1C(=O)c1ccc(F)c(F)c1. The van der Waals surface area contributed by atoms with Gasteiger partial charge < -0.3 is 5.11 Å². The molecule has 0 aliphatic carbocycles. The van der Waals surface area contributed by atoms with Crippen LogP contribution in [0.5, 0.6) is 0 Å².